The number of nitro groups is 2. The molecule has 1 atom stereocenters. The van der Waals surface area contributed by atoms with E-state index in [1.807, 2.05) is 5.43 Å². The van der Waals surface area contributed by atoms with Gasteiger partial charge in [0.1, 0.15) is 5.69 Å². The van der Waals surface area contributed by atoms with Crippen LogP contribution in [0.2, 0.25) is 0 Å². The van der Waals surface area contributed by atoms with Crippen molar-refractivity contribution < 1.29 is 38.4 Å². The predicted molar refractivity (Wildman–Crippen MR) is 103 cm³/mol. The smallest absolute Gasteiger partial charge is 0.431 e. The van der Waals surface area contributed by atoms with Crippen LogP contribution in [0.4, 0.5) is 26.7 Å². The van der Waals surface area contributed by atoms with E-state index in [9.17, 15) is 34.6 Å². The van der Waals surface area contributed by atoms with E-state index in [-0.39, 0.29) is 25.5 Å². The van der Waals surface area contributed by atoms with E-state index in [2.05, 4.69) is 10.1 Å². The number of hydrogen-bond donors (Lipinski definition) is 2. The number of esters is 1. The summed E-state index contributed by atoms with van der Waals surface area (Å²) in [5, 5.41) is 25.1. The molecule has 1 rings (SSSR count). The van der Waals surface area contributed by atoms with Crippen LogP contribution < -0.4 is 10.7 Å². The van der Waals surface area contributed by atoms with Crippen LogP contribution in [0.15, 0.2) is 18.2 Å². The zero-order valence-electron chi connectivity index (χ0n) is 16.9. The Labute approximate surface area is 175 Å². The molecule has 15 nitrogen and oxygen atoms in total. The highest BCUT2D eigenvalue weighted by molar-refractivity contribution is 5.86. The normalized spacial score (nSPS) is 10.9. The lowest BCUT2D eigenvalue weighted by atomic mass is 10.2. The minimum Gasteiger partial charge on any atom is -0.463 e. The third-order valence-electron chi connectivity index (χ3n) is 3.40. The molecule has 15 heteroatoms. The Morgan fingerprint density at radius 1 is 1.00 bits per heavy atom. The van der Waals surface area contributed by atoms with Crippen molar-refractivity contribution in [1.82, 2.24) is 10.4 Å². The molecule has 0 saturated heterocycles. The Hall–Kier alpha value is -4.17. The highest BCUT2D eigenvalue weighted by Gasteiger charge is 2.36. The molecule has 0 radical (unpaired) electrons. The van der Waals surface area contributed by atoms with Crippen molar-refractivity contribution >= 4 is 35.2 Å². The van der Waals surface area contributed by atoms with E-state index in [1.165, 1.54) is 20.8 Å². The molecule has 2 N–H and O–H groups in total. The first kappa shape index (κ1) is 24.9. The number of rotatable bonds is 9. The van der Waals surface area contributed by atoms with Gasteiger partial charge in [-0.3, -0.25) is 20.2 Å². The van der Waals surface area contributed by atoms with E-state index in [4.69, 9.17) is 9.47 Å². The number of nitro benzene ring substituents is 2. The van der Waals surface area contributed by atoms with Crippen molar-refractivity contribution in [3.8, 4) is 0 Å². The molecular weight excluding hydrogens is 422 g/mol. The molecule has 0 aliphatic heterocycles. The summed E-state index contributed by atoms with van der Waals surface area (Å²) in [4.78, 5) is 57.2. The first-order valence-corrected chi connectivity index (χ1v) is 8.91. The Balaban J connectivity index is 3.43. The fraction of sp³-hybridized carbons (Fsp3) is 0.438. The minimum absolute atomic E-state index is 0.0617. The number of anilines is 1. The van der Waals surface area contributed by atoms with E-state index >= 15 is 0 Å². The Bertz CT molecular complexity index is 846. The number of amides is 2. The number of hydrazine groups is 1. The van der Waals surface area contributed by atoms with Crippen molar-refractivity contribution in [2.75, 3.05) is 25.1 Å². The zero-order chi connectivity index (χ0) is 23.6. The van der Waals surface area contributed by atoms with Crippen molar-refractivity contribution in [1.29, 1.82) is 0 Å². The summed E-state index contributed by atoms with van der Waals surface area (Å²) in [5.41, 5.74) is 0.297. The highest BCUT2D eigenvalue weighted by Crippen LogP contribution is 2.30. The maximum Gasteiger partial charge on any atom is 0.431 e. The van der Waals surface area contributed by atoms with E-state index < -0.39 is 45.5 Å². The van der Waals surface area contributed by atoms with Gasteiger partial charge in [0.2, 0.25) is 6.17 Å². The summed E-state index contributed by atoms with van der Waals surface area (Å²) < 4.78 is 14.4. The molecule has 0 fully saturated rings. The lowest BCUT2D eigenvalue weighted by Crippen LogP contribution is -2.58. The number of ether oxygens (including phenoxy) is 3. The van der Waals surface area contributed by atoms with Crippen molar-refractivity contribution in [3.63, 3.8) is 0 Å². The van der Waals surface area contributed by atoms with Crippen molar-refractivity contribution in [2.24, 2.45) is 0 Å². The maximum atomic E-state index is 12.5. The van der Waals surface area contributed by atoms with Gasteiger partial charge < -0.3 is 19.5 Å². The Kier molecular flexibility index (Phi) is 9.42. The lowest BCUT2D eigenvalue weighted by molar-refractivity contribution is -0.393. The number of nitrogens with one attached hydrogen (secondary N) is 2. The van der Waals surface area contributed by atoms with E-state index in [1.54, 1.807) is 0 Å². The number of non-ortho nitro benzene ring substituents is 1. The van der Waals surface area contributed by atoms with Crippen LogP contribution in [-0.2, 0) is 19.0 Å². The predicted octanol–water partition coefficient (Wildman–Crippen LogP) is 1.92. The fourth-order valence-electron chi connectivity index (χ4n) is 2.17. The van der Waals surface area contributed by atoms with E-state index in [0.717, 1.165) is 12.1 Å². The van der Waals surface area contributed by atoms with Gasteiger partial charge in [-0.05, 0) is 26.8 Å². The SMILES string of the molecule is CCOC(=O)NN(C(=O)OCC)C(Nc1ccc([N+](=O)[O-])cc1[N+](=O)[O-])C(=O)OCC. The van der Waals surface area contributed by atoms with Crippen LogP contribution in [-0.4, -0.2) is 59.0 Å². The molecule has 0 aromatic heterocycles. The molecular formula is C16H21N5O10. The third-order valence-corrected chi connectivity index (χ3v) is 3.40. The maximum absolute atomic E-state index is 12.5. The summed E-state index contributed by atoms with van der Waals surface area (Å²) in [6, 6.07) is 2.58. The number of nitrogens with zero attached hydrogens (tertiary/aromatic N) is 3. The van der Waals surface area contributed by atoms with Gasteiger partial charge in [-0.2, -0.15) is 5.01 Å². The fourth-order valence-corrected chi connectivity index (χ4v) is 2.17. The van der Waals surface area contributed by atoms with Gasteiger partial charge >= 0.3 is 18.2 Å². The van der Waals surface area contributed by atoms with Gasteiger partial charge in [-0.1, -0.05) is 0 Å². The standard InChI is InChI=1S/C16H21N5O10/c1-4-29-14(22)13(19(16(24)31-6-3)18-15(23)30-5-2)17-11-8-7-10(20(25)26)9-12(11)21(27)28/h7-9,13,17H,4-6H2,1-3H3,(H,18,23). The van der Waals surface area contributed by atoms with Crippen molar-refractivity contribution in [3.05, 3.63) is 38.4 Å². The molecule has 1 aromatic rings. The number of hydrogen-bond acceptors (Lipinski definition) is 11. The molecule has 31 heavy (non-hydrogen) atoms. The second kappa shape index (κ2) is 11.7. The minimum atomic E-state index is -1.84. The summed E-state index contributed by atoms with van der Waals surface area (Å²) in [5.74, 6) is -1.11. The molecule has 0 aliphatic rings. The van der Waals surface area contributed by atoms with E-state index in [0.29, 0.717) is 11.1 Å². The average molecular weight is 443 g/mol. The molecule has 0 saturated carbocycles. The first-order chi connectivity index (χ1) is 14.7. The summed E-state index contributed by atoms with van der Waals surface area (Å²) in [7, 11) is 0. The van der Waals surface area contributed by atoms with Gasteiger partial charge in [-0.15, -0.1) is 0 Å². The third kappa shape index (κ3) is 6.98. The summed E-state index contributed by atoms with van der Waals surface area (Å²) in [6.07, 6.45) is -4.17. The van der Waals surface area contributed by atoms with Gasteiger partial charge in [0.15, 0.2) is 0 Å². The second-order valence-corrected chi connectivity index (χ2v) is 5.42. The van der Waals surface area contributed by atoms with Crippen LogP contribution in [0.3, 0.4) is 0 Å². The van der Waals surface area contributed by atoms with Crippen LogP contribution in [0.25, 0.3) is 0 Å². The average Bonchev–Trinajstić information content (AvgIpc) is 2.70. The molecule has 170 valence electrons. The largest absolute Gasteiger partial charge is 0.463 e. The van der Waals surface area contributed by atoms with Crippen LogP contribution in [0.1, 0.15) is 20.8 Å². The second-order valence-electron chi connectivity index (χ2n) is 5.42. The van der Waals surface area contributed by atoms with Crippen LogP contribution >= 0.6 is 0 Å². The monoisotopic (exact) mass is 443 g/mol. The van der Waals surface area contributed by atoms with Gasteiger partial charge in [0.05, 0.1) is 35.7 Å². The molecule has 1 aromatic carbocycles. The topological polar surface area (TPSA) is 192 Å². The van der Waals surface area contributed by atoms with Crippen LogP contribution in [0, 0.1) is 20.2 Å². The number of carbonyl (C=O) groups excluding carboxylic acids is 3. The molecule has 2 amide bonds. The van der Waals surface area contributed by atoms with Gasteiger partial charge in [0.25, 0.3) is 11.4 Å². The summed E-state index contributed by atoms with van der Waals surface area (Å²) >= 11 is 0. The Morgan fingerprint density at radius 2 is 1.61 bits per heavy atom. The quantitative estimate of drug-likeness (QED) is 0.186. The van der Waals surface area contributed by atoms with Gasteiger partial charge in [-0.25, -0.2) is 19.8 Å². The first-order valence-electron chi connectivity index (χ1n) is 8.91. The highest BCUT2D eigenvalue weighted by atomic mass is 16.6. The lowest BCUT2D eigenvalue weighted by Gasteiger charge is -2.29. The Morgan fingerprint density at radius 3 is 2.13 bits per heavy atom. The number of benzene rings is 1. The molecule has 0 aliphatic carbocycles. The van der Waals surface area contributed by atoms with Crippen molar-refractivity contribution in [2.45, 2.75) is 26.9 Å². The molecule has 1 unspecified atom stereocenters. The molecule has 0 heterocycles. The molecule has 0 bridgehead atoms. The van der Waals surface area contributed by atoms with Gasteiger partial charge in [0, 0.05) is 6.07 Å². The molecule has 0 spiro atoms. The summed E-state index contributed by atoms with van der Waals surface area (Å²) in [6.45, 7) is 4.11. The number of carbonyl (C=O) groups is 3. The zero-order valence-corrected chi connectivity index (χ0v) is 16.9. The van der Waals surface area contributed by atoms with Crippen LogP contribution in [0.5, 0.6) is 0 Å².